The van der Waals surface area contributed by atoms with Crippen LogP contribution in [0.3, 0.4) is 0 Å². The third-order valence-electron chi connectivity index (χ3n) is 3.35. The van der Waals surface area contributed by atoms with Crippen molar-refractivity contribution in [2.24, 2.45) is 10.9 Å². The number of anilines is 1. The highest BCUT2D eigenvalue weighted by atomic mass is 16.5. The van der Waals surface area contributed by atoms with Gasteiger partial charge in [0.15, 0.2) is 5.84 Å². The number of hydrogen-bond acceptors (Lipinski definition) is 5. The molecule has 3 N–H and O–H groups in total. The molecule has 18 heavy (non-hydrogen) atoms. The van der Waals surface area contributed by atoms with Crippen LogP contribution in [0.2, 0.25) is 0 Å². The topological polar surface area (TPSA) is 84.0 Å². The lowest BCUT2D eigenvalue weighted by Crippen LogP contribution is -2.36. The molecule has 6 nitrogen and oxygen atoms in total. The molecule has 1 aromatic heterocycles. The molecule has 1 aliphatic heterocycles. The first kappa shape index (κ1) is 12.6. The lowest BCUT2D eigenvalue weighted by atomic mass is 10.1. The average Bonchev–Trinajstić information content (AvgIpc) is 2.83. The summed E-state index contributed by atoms with van der Waals surface area (Å²) in [5, 5.41) is 11.6. The molecule has 0 bridgehead atoms. The van der Waals surface area contributed by atoms with Crippen molar-refractivity contribution >= 4 is 11.5 Å². The molecule has 1 aliphatic rings. The Morgan fingerprint density at radius 2 is 2.44 bits per heavy atom. The molecule has 1 aromatic rings. The van der Waals surface area contributed by atoms with Crippen LogP contribution in [0, 0.1) is 0 Å². The van der Waals surface area contributed by atoms with Gasteiger partial charge in [-0.2, -0.15) is 0 Å². The van der Waals surface area contributed by atoms with Gasteiger partial charge in [-0.3, -0.25) is 4.98 Å². The second-order valence-electron chi connectivity index (χ2n) is 4.43. The molecule has 98 valence electrons. The summed E-state index contributed by atoms with van der Waals surface area (Å²) in [6, 6.07) is 4.05. The molecule has 0 amide bonds. The summed E-state index contributed by atoms with van der Waals surface area (Å²) in [4.78, 5) is 6.21. The Morgan fingerprint density at radius 3 is 3.06 bits per heavy atom. The van der Waals surface area contributed by atoms with Gasteiger partial charge in [-0.25, -0.2) is 0 Å². The van der Waals surface area contributed by atoms with Crippen molar-refractivity contribution < 1.29 is 9.94 Å². The van der Waals surface area contributed by atoms with Gasteiger partial charge in [-0.1, -0.05) is 5.16 Å². The summed E-state index contributed by atoms with van der Waals surface area (Å²) in [5.41, 5.74) is 6.98. The third-order valence-corrected chi connectivity index (χ3v) is 3.35. The smallest absolute Gasteiger partial charge is 0.188 e. The van der Waals surface area contributed by atoms with E-state index in [2.05, 4.69) is 22.0 Å². The van der Waals surface area contributed by atoms with Crippen molar-refractivity contribution in [3.8, 4) is 0 Å². The Morgan fingerprint density at radius 1 is 1.67 bits per heavy atom. The molecule has 0 radical (unpaired) electrons. The van der Waals surface area contributed by atoms with Gasteiger partial charge < -0.3 is 20.6 Å². The molecule has 2 atom stereocenters. The summed E-state index contributed by atoms with van der Waals surface area (Å²) >= 11 is 0. The van der Waals surface area contributed by atoms with Crippen molar-refractivity contribution in [1.29, 1.82) is 0 Å². The Labute approximate surface area is 106 Å². The molecular formula is C12H18N4O2. The fourth-order valence-corrected chi connectivity index (χ4v) is 2.25. The van der Waals surface area contributed by atoms with E-state index in [0.29, 0.717) is 11.7 Å². The summed E-state index contributed by atoms with van der Waals surface area (Å²) in [7, 11) is 2.02. The van der Waals surface area contributed by atoms with E-state index in [1.165, 1.54) is 0 Å². The molecule has 2 rings (SSSR count). The van der Waals surface area contributed by atoms with E-state index < -0.39 is 0 Å². The van der Waals surface area contributed by atoms with Crippen LogP contribution in [-0.2, 0) is 4.74 Å². The average molecular weight is 250 g/mol. The molecular weight excluding hydrogens is 232 g/mol. The van der Waals surface area contributed by atoms with Crippen LogP contribution in [0.4, 0.5) is 5.69 Å². The van der Waals surface area contributed by atoms with Gasteiger partial charge in [0.25, 0.3) is 0 Å². The van der Waals surface area contributed by atoms with Gasteiger partial charge in [0.2, 0.25) is 0 Å². The number of nitrogens with two attached hydrogens (primary N) is 1. The second-order valence-corrected chi connectivity index (χ2v) is 4.43. The number of hydrogen-bond donors (Lipinski definition) is 2. The van der Waals surface area contributed by atoms with Gasteiger partial charge in [0.1, 0.15) is 5.69 Å². The number of likely N-dealkylation sites (N-methyl/N-ethyl adjacent to an activating group) is 1. The van der Waals surface area contributed by atoms with Crippen molar-refractivity contribution in [3.63, 3.8) is 0 Å². The van der Waals surface area contributed by atoms with Crippen LogP contribution < -0.4 is 10.6 Å². The van der Waals surface area contributed by atoms with Crippen LogP contribution >= 0.6 is 0 Å². The second kappa shape index (κ2) is 5.22. The minimum Gasteiger partial charge on any atom is -0.409 e. The Balaban J connectivity index is 2.22. The minimum absolute atomic E-state index is 0.0148. The van der Waals surface area contributed by atoms with Crippen molar-refractivity contribution in [2.75, 3.05) is 18.6 Å². The maximum absolute atomic E-state index is 8.66. The zero-order valence-electron chi connectivity index (χ0n) is 10.6. The first-order valence-corrected chi connectivity index (χ1v) is 5.92. The number of amidine groups is 1. The minimum atomic E-state index is 0.0148. The van der Waals surface area contributed by atoms with Crippen molar-refractivity contribution in [1.82, 2.24) is 4.98 Å². The van der Waals surface area contributed by atoms with E-state index in [4.69, 9.17) is 15.7 Å². The lowest BCUT2D eigenvalue weighted by Gasteiger charge is -2.28. The van der Waals surface area contributed by atoms with E-state index in [1.54, 1.807) is 12.3 Å². The van der Waals surface area contributed by atoms with Gasteiger partial charge in [-0.05, 0) is 25.5 Å². The Hall–Kier alpha value is -1.82. The third kappa shape index (κ3) is 2.38. The number of aromatic nitrogens is 1. The zero-order chi connectivity index (χ0) is 13.1. The summed E-state index contributed by atoms with van der Waals surface area (Å²) in [6.45, 7) is 2.86. The molecule has 0 saturated carbocycles. The summed E-state index contributed by atoms with van der Waals surface area (Å²) < 4.78 is 5.56. The lowest BCUT2D eigenvalue weighted by molar-refractivity contribution is 0.118. The van der Waals surface area contributed by atoms with Gasteiger partial charge in [0, 0.05) is 25.5 Å². The summed E-state index contributed by atoms with van der Waals surface area (Å²) in [5.74, 6) is 0.0148. The largest absolute Gasteiger partial charge is 0.409 e. The maximum Gasteiger partial charge on any atom is 0.188 e. The standard InChI is InChI=1S/C12H18N4O2/c1-8-11(4-6-18-8)16(2)9-3-5-14-10(7-9)12(13)15-17/h3,5,7-8,11,17H,4,6H2,1-2H3,(H2,13,15). The Kier molecular flexibility index (Phi) is 3.66. The first-order chi connectivity index (χ1) is 8.63. The molecule has 2 heterocycles. The van der Waals surface area contributed by atoms with Crippen molar-refractivity contribution in [2.45, 2.75) is 25.5 Å². The fraction of sp³-hybridized carbons (Fsp3) is 0.500. The highest BCUT2D eigenvalue weighted by Crippen LogP contribution is 2.24. The fourth-order valence-electron chi connectivity index (χ4n) is 2.25. The van der Waals surface area contributed by atoms with E-state index >= 15 is 0 Å². The van der Waals surface area contributed by atoms with E-state index in [9.17, 15) is 0 Å². The maximum atomic E-state index is 8.66. The van der Waals surface area contributed by atoms with Crippen LogP contribution in [0.15, 0.2) is 23.5 Å². The molecule has 0 spiro atoms. The van der Waals surface area contributed by atoms with E-state index in [-0.39, 0.29) is 11.9 Å². The number of pyridine rings is 1. The van der Waals surface area contributed by atoms with Gasteiger partial charge in [-0.15, -0.1) is 0 Å². The summed E-state index contributed by atoms with van der Waals surface area (Å²) in [6.07, 6.45) is 2.86. The number of nitrogens with zero attached hydrogens (tertiary/aromatic N) is 3. The van der Waals surface area contributed by atoms with Crippen molar-refractivity contribution in [3.05, 3.63) is 24.0 Å². The van der Waals surface area contributed by atoms with E-state index in [0.717, 1.165) is 18.7 Å². The molecule has 2 unspecified atom stereocenters. The molecule has 0 aromatic carbocycles. The quantitative estimate of drug-likeness (QED) is 0.358. The predicted octanol–water partition coefficient (Wildman–Crippen LogP) is 0.790. The number of oxime groups is 1. The van der Waals surface area contributed by atoms with Crippen LogP contribution in [0.5, 0.6) is 0 Å². The van der Waals surface area contributed by atoms with Crippen LogP contribution in [0.25, 0.3) is 0 Å². The van der Waals surface area contributed by atoms with Gasteiger partial charge in [0.05, 0.1) is 12.1 Å². The number of rotatable bonds is 3. The van der Waals surface area contributed by atoms with Crippen LogP contribution in [-0.4, -0.2) is 41.8 Å². The number of ether oxygens (including phenoxy) is 1. The van der Waals surface area contributed by atoms with Crippen LogP contribution in [0.1, 0.15) is 19.0 Å². The Bertz CT molecular complexity index is 449. The predicted molar refractivity (Wildman–Crippen MR) is 69.0 cm³/mol. The highest BCUT2D eigenvalue weighted by Gasteiger charge is 2.28. The SMILES string of the molecule is CC1OCCC1N(C)c1ccnc(/C(N)=N/O)c1. The molecule has 1 saturated heterocycles. The monoisotopic (exact) mass is 250 g/mol. The van der Waals surface area contributed by atoms with Gasteiger partial charge >= 0.3 is 0 Å². The highest BCUT2D eigenvalue weighted by molar-refractivity contribution is 5.95. The molecule has 1 fully saturated rings. The first-order valence-electron chi connectivity index (χ1n) is 5.92. The molecule has 6 heteroatoms. The normalized spacial score (nSPS) is 24.2. The molecule has 0 aliphatic carbocycles. The zero-order valence-corrected chi connectivity index (χ0v) is 10.6. The van der Waals surface area contributed by atoms with E-state index in [1.807, 2.05) is 13.1 Å².